The average Bonchev–Trinajstić information content (AvgIpc) is 2.26. The van der Waals surface area contributed by atoms with E-state index >= 15 is 0 Å². The van der Waals surface area contributed by atoms with E-state index in [1.807, 2.05) is 0 Å². The molecule has 0 amide bonds. The van der Waals surface area contributed by atoms with Crippen LogP contribution in [-0.2, 0) is 14.3 Å². The molecule has 2 N–H and O–H groups in total. The van der Waals surface area contributed by atoms with Crippen LogP contribution in [0.3, 0.4) is 0 Å². The zero-order chi connectivity index (χ0) is 10.4. The molecule has 0 aromatic heterocycles. The molecule has 0 spiro atoms. The number of morpholine rings is 1. The van der Waals surface area contributed by atoms with E-state index in [0.717, 1.165) is 13.1 Å². The predicted molar refractivity (Wildman–Crippen MR) is 51.9 cm³/mol. The van der Waals surface area contributed by atoms with E-state index < -0.39 is 0 Å². The van der Waals surface area contributed by atoms with E-state index in [4.69, 9.17) is 15.2 Å². The summed E-state index contributed by atoms with van der Waals surface area (Å²) in [5, 5.41) is 0. The van der Waals surface area contributed by atoms with Crippen LogP contribution in [0.2, 0.25) is 0 Å². The Labute approximate surface area is 84.1 Å². The maximum atomic E-state index is 11.4. The zero-order valence-electron chi connectivity index (χ0n) is 8.57. The van der Waals surface area contributed by atoms with Gasteiger partial charge in [-0.15, -0.1) is 0 Å². The van der Waals surface area contributed by atoms with Crippen LogP contribution < -0.4 is 5.73 Å². The van der Waals surface area contributed by atoms with Crippen molar-refractivity contribution in [2.75, 3.05) is 40.0 Å². The number of ether oxygens (including phenoxy) is 2. The molecule has 14 heavy (non-hydrogen) atoms. The van der Waals surface area contributed by atoms with Gasteiger partial charge in [-0.2, -0.15) is 0 Å². The zero-order valence-corrected chi connectivity index (χ0v) is 8.57. The minimum Gasteiger partial charge on any atom is -0.468 e. The number of nitrogens with two attached hydrogens (primary N) is 1. The molecule has 0 aromatic rings. The summed E-state index contributed by atoms with van der Waals surface area (Å²) in [6, 6.07) is -0.200. The minimum atomic E-state index is -0.200. The quantitative estimate of drug-likeness (QED) is 0.605. The molecule has 0 saturated carbocycles. The molecule has 5 nitrogen and oxygen atoms in total. The Hall–Kier alpha value is -0.650. The van der Waals surface area contributed by atoms with Gasteiger partial charge in [0.15, 0.2) is 0 Å². The molecule has 1 saturated heterocycles. The van der Waals surface area contributed by atoms with E-state index in [1.54, 1.807) is 0 Å². The van der Waals surface area contributed by atoms with Crippen molar-refractivity contribution in [2.24, 2.45) is 5.73 Å². The fourth-order valence-electron chi connectivity index (χ4n) is 1.63. The highest BCUT2D eigenvalue weighted by Gasteiger charge is 2.27. The largest absolute Gasteiger partial charge is 0.468 e. The van der Waals surface area contributed by atoms with Crippen molar-refractivity contribution in [3.63, 3.8) is 0 Å². The summed E-state index contributed by atoms with van der Waals surface area (Å²) in [6.45, 7) is 3.41. The Bertz CT molecular complexity index is 181. The highest BCUT2D eigenvalue weighted by atomic mass is 16.5. The first-order chi connectivity index (χ1) is 6.79. The maximum Gasteiger partial charge on any atom is 0.323 e. The van der Waals surface area contributed by atoms with Gasteiger partial charge in [0.05, 0.1) is 20.3 Å². The van der Waals surface area contributed by atoms with Gasteiger partial charge in [-0.25, -0.2) is 0 Å². The van der Waals surface area contributed by atoms with Crippen LogP contribution >= 0.6 is 0 Å². The number of hydrogen-bond acceptors (Lipinski definition) is 5. The summed E-state index contributed by atoms with van der Waals surface area (Å²) in [6.07, 6.45) is 0.646. The third-order valence-corrected chi connectivity index (χ3v) is 2.40. The van der Waals surface area contributed by atoms with Crippen molar-refractivity contribution in [2.45, 2.75) is 12.5 Å². The molecule has 0 aliphatic carbocycles. The summed E-state index contributed by atoms with van der Waals surface area (Å²) in [7, 11) is 1.41. The Balaban J connectivity index is 2.50. The lowest BCUT2D eigenvalue weighted by Gasteiger charge is -2.32. The lowest BCUT2D eigenvalue weighted by atomic mass is 10.1. The topological polar surface area (TPSA) is 64.8 Å². The first-order valence-corrected chi connectivity index (χ1v) is 4.89. The summed E-state index contributed by atoms with van der Waals surface area (Å²) in [5.74, 6) is -0.197. The summed E-state index contributed by atoms with van der Waals surface area (Å²) in [5.41, 5.74) is 5.46. The fraction of sp³-hybridized carbons (Fsp3) is 0.889. The van der Waals surface area contributed by atoms with Crippen LogP contribution in [0, 0.1) is 0 Å². The van der Waals surface area contributed by atoms with Crippen LogP contribution in [0.25, 0.3) is 0 Å². The number of hydrogen-bond donors (Lipinski definition) is 1. The summed E-state index contributed by atoms with van der Waals surface area (Å²) in [4.78, 5) is 13.5. The molecule has 1 rings (SSSR count). The molecule has 1 fully saturated rings. The van der Waals surface area contributed by atoms with Crippen LogP contribution in [0.1, 0.15) is 6.42 Å². The predicted octanol–water partition coefficient (Wildman–Crippen LogP) is -0.791. The van der Waals surface area contributed by atoms with Gasteiger partial charge in [-0.3, -0.25) is 9.69 Å². The second-order valence-electron chi connectivity index (χ2n) is 3.26. The monoisotopic (exact) mass is 202 g/mol. The summed E-state index contributed by atoms with van der Waals surface area (Å²) >= 11 is 0. The standard InChI is InChI=1S/C9H18N2O3/c1-13-9(12)8(2-3-10)11-4-6-14-7-5-11/h8H,2-7,10H2,1H3. The van der Waals surface area contributed by atoms with Crippen LogP contribution in [0.15, 0.2) is 0 Å². The number of esters is 1. The average molecular weight is 202 g/mol. The molecular weight excluding hydrogens is 184 g/mol. The molecule has 1 unspecified atom stereocenters. The number of methoxy groups -OCH3 is 1. The van der Waals surface area contributed by atoms with Gasteiger partial charge in [-0.05, 0) is 13.0 Å². The van der Waals surface area contributed by atoms with Gasteiger partial charge >= 0.3 is 5.97 Å². The number of carbonyl (C=O) groups excluding carboxylic acids is 1. The SMILES string of the molecule is COC(=O)C(CCN)N1CCOCC1. The van der Waals surface area contributed by atoms with Gasteiger partial charge in [0.2, 0.25) is 0 Å². The molecule has 1 aliphatic rings. The van der Waals surface area contributed by atoms with Crippen molar-refractivity contribution in [1.29, 1.82) is 0 Å². The van der Waals surface area contributed by atoms with Gasteiger partial charge in [0, 0.05) is 13.1 Å². The van der Waals surface area contributed by atoms with Crippen LogP contribution in [0.4, 0.5) is 0 Å². The van der Waals surface area contributed by atoms with Crippen molar-refractivity contribution in [3.05, 3.63) is 0 Å². The lowest BCUT2D eigenvalue weighted by Crippen LogP contribution is -2.48. The summed E-state index contributed by atoms with van der Waals surface area (Å²) < 4.78 is 9.96. The normalized spacial score (nSPS) is 20.4. The van der Waals surface area contributed by atoms with Gasteiger partial charge in [-0.1, -0.05) is 0 Å². The van der Waals surface area contributed by atoms with Crippen molar-refractivity contribution in [1.82, 2.24) is 4.90 Å². The molecule has 0 aromatic carbocycles. The Morgan fingerprint density at radius 3 is 2.71 bits per heavy atom. The van der Waals surface area contributed by atoms with E-state index in [1.165, 1.54) is 7.11 Å². The maximum absolute atomic E-state index is 11.4. The van der Waals surface area contributed by atoms with Gasteiger partial charge < -0.3 is 15.2 Å². The van der Waals surface area contributed by atoms with Crippen molar-refractivity contribution in [3.8, 4) is 0 Å². The van der Waals surface area contributed by atoms with E-state index in [0.29, 0.717) is 26.2 Å². The minimum absolute atomic E-state index is 0.197. The van der Waals surface area contributed by atoms with Crippen LogP contribution in [0.5, 0.6) is 0 Å². The molecule has 1 atom stereocenters. The molecule has 0 radical (unpaired) electrons. The molecule has 1 heterocycles. The van der Waals surface area contributed by atoms with Crippen molar-refractivity contribution < 1.29 is 14.3 Å². The number of carbonyl (C=O) groups is 1. The number of rotatable bonds is 4. The smallest absolute Gasteiger partial charge is 0.323 e. The first kappa shape index (κ1) is 11.4. The second-order valence-corrected chi connectivity index (χ2v) is 3.26. The van der Waals surface area contributed by atoms with Gasteiger partial charge in [0.1, 0.15) is 6.04 Å². The fourth-order valence-corrected chi connectivity index (χ4v) is 1.63. The van der Waals surface area contributed by atoms with E-state index in [9.17, 15) is 4.79 Å². The molecule has 5 heteroatoms. The Morgan fingerprint density at radius 2 is 2.21 bits per heavy atom. The highest BCUT2D eigenvalue weighted by molar-refractivity contribution is 5.75. The molecule has 0 bridgehead atoms. The van der Waals surface area contributed by atoms with Crippen LogP contribution in [-0.4, -0.2) is 56.9 Å². The highest BCUT2D eigenvalue weighted by Crippen LogP contribution is 2.08. The molecule has 1 aliphatic heterocycles. The first-order valence-electron chi connectivity index (χ1n) is 4.89. The number of nitrogens with zero attached hydrogens (tertiary/aromatic N) is 1. The van der Waals surface area contributed by atoms with Crippen molar-refractivity contribution >= 4 is 5.97 Å². The van der Waals surface area contributed by atoms with E-state index in [-0.39, 0.29) is 12.0 Å². The third kappa shape index (κ3) is 2.94. The lowest BCUT2D eigenvalue weighted by molar-refractivity contribution is -0.149. The third-order valence-electron chi connectivity index (χ3n) is 2.40. The molecular formula is C9H18N2O3. The van der Waals surface area contributed by atoms with Gasteiger partial charge in [0.25, 0.3) is 0 Å². The Kier molecular flexibility index (Phi) is 4.86. The molecule has 82 valence electrons. The second kappa shape index (κ2) is 5.95. The Morgan fingerprint density at radius 1 is 1.57 bits per heavy atom. The van der Waals surface area contributed by atoms with E-state index in [2.05, 4.69) is 4.90 Å².